The lowest BCUT2D eigenvalue weighted by molar-refractivity contribution is 0.905. The molecule has 0 unspecified atom stereocenters. The number of anilines is 1. The van der Waals surface area contributed by atoms with Crippen molar-refractivity contribution in [1.29, 1.82) is 0 Å². The third kappa shape index (κ3) is 3.86. The van der Waals surface area contributed by atoms with Gasteiger partial charge >= 0.3 is 0 Å². The Morgan fingerprint density at radius 2 is 2.10 bits per heavy atom. The van der Waals surface area contributed by atoms with Gasteiger partial charge in [0, 0.05) is 41.8 Å². The normalized spacial score (nSPS) is 10.6. The van der Waals surface area contributed by atoms with Crippen molar-refractivity contribution < 1.29 is 0 Å². The van der Waals surface area contributed by atoms with E-state index in [1.807, 2.05) is 27.1 Å². The van der Waals surface area contributed by atoms with E-state index in [-0.39, 0.29) is 5.56 Å². The summed E-state index contributed by atoms with van der Waals surface area (Å²) in [7, 11) is 4.03. The molecular formula is C14H16BrN3OS. The van der Waals surface area contributed by atoms with Gasteiger partial charge in [-0.3, -0.25) is 4.79 Å². The van der Waals surface area contributed by atoms with E-state index in [2.05, 4.69) is 42.9 Å². The van der Waals surface area contributed by atoms with Crippen LogP contribution in [-0.4, -0.2) is 24.1 Å². The average Bonchev–Trinajstić information content (AvgIpc) is 2.36. The summed E-state index contributed by atoms with van der Waals surface area (Å²) in [5, 5.41) is 0.655. The number of nitrogens with one attached hydrogen (secondary N) is 1. The zero-order valence-corrected chi connectivity index (χ0v) is 14.0. The number of halogens is 1. The van der Waals surface area contributed by atoms with Gasteiger partial charge in [0.05, 0.1) is 0 Å². The molecule has 1 aromatic carbocycles. The van der Waals surface area contributed by atoms with Crippen LogP contribution < -0.4 is 10.5 Å². The van der Waals surface area contributed by atoms with Gasteiger partial charge in [-0.2, -0.15) is 0 Å². The second kappa shape index (κ2) is 6.45. The largest absolute Gasteiger partial charge is 0.377 e. The third-order valence-electron chi connectivity index (χ3n) is 2.74. The molecule has 0 saturated carbocycles. The number of hydrogen-bond donors (Lipinski definition) is 1. The summed E-state index contributed by atoms with van der Waals surface area (Å²) in [6.07, 6.45) is 0. The van der Waals surface area contributed by atoms with E-state index in [0.717, 1.165) is 21.6 Å². The Kier molecular flexibility index (Phi) is 4.88. The Morgan fingerprint density at radius 3 is 2.75 bits per heavy atom. The first-order valence-corrected chi connectivity index (χ1v) is 7.90. The molecule has 0 fully saturated rings. The van der Waals surface area contributed by atoms with Gasteiger partial charge < -0.3 is 9.88 Å². The molecule has 1 aromatic heterocycles. The van der Waals surface area contributed by atoms with Gasteiger partial charge in [0.2, 0.25) is 0 Å². The number of hydrogen-bond acceptors (Lipinski definition) is 4. The minimum Gasteiger partial charge on any atom is -0.377 e. The first-order valence-electron chi connectivity index (χ1n) is 6.12. The Balaban J connectivity index is 2.20. The van der Waals surface area contributed by atoms with Crippen molar-refractivity contribution in [3.05, 3.63) is 50.3 Å². The quantitative estimate of drug-likeness (QED) is 0.677. The SMILES string of the molecule is Cc1cc(=O)[nH]c(SCc2ccc(Br)cc2N(C)C)n1. The van der Waals surface area contributed by atoms with Crippen molar-refractivity contribution in [2.45, 2.75) is 17.8 Å². The highest BCUT2D eigenvalue weighted by molar-refractivity contribution is 9.10. The minimum atomic E-state index is -0.108. The van der Waals surface area contributed by atoms with Gasteiger partial charge in [0.25, 0.3) is 5.56 Å². The fourth-order valence-corrected chi connectivity index (χ4v) is 3.11. The molecule has 0 aliphatic heterocycles. The molecule has 1 heterocycles. The molecule has 0 radical (unpaired) electrons. The number of aryl methyl sites for hydroxylation is 1. The van der Waals surface area contributed by atoms with Crippen LogP contribution >= 0.6 is 27.7 Å². The van der Waals surface area contributed by atoms with Crippen LogP contribution in [0.4, 0.5) is 5.69 Å². The fourth-order valence-electron chi connectivity index (χ4n) is 1.84. The third-order valence-corrected chi connectivity index (χ3v) is 4.16. The molecule has 0 atom stereocenters. The summed E-state index contributed by atoms with van der Waals surface area (Å²) < 4.78 is 1.05. The van der Waals surface area contributed by atoms with E-state index in [9.17, 15) is 4.79 Å². The van der Waals surface area contributed by atoms with Crippen LogP contribution in [0.3, 0.4) is 0 Å². The lowest BCUT2D eigenvalue weighted by Gasteiger charge is -2.17. The van der Waals surface area contributed by atoms with Crippen molar-refractivity contribution in [2.75, 3.05) is 19.0 Å². The van der Waals surface area contributed by atoms with Gasteiger partial charge in [-0.1, -0.05) is 33.8 Å². The lowest BCUT2D eigenvalue weighted by atomic mass is 10.2. The van der Waals surface area contributed by atoms with Crippen LogP contribution in [0, 0.1) is 6.92 Å². The fraction of sp³-hybridized carbons (Fsp3) is 0.286. The van der Waals surface area contributed by atoms with Crippen molar-refractivity contribution in [1.82, 2.24) is 9.97 Å². The summed E-state index contributed by atoms with van der Waals surface area (Å²) in [6, 6.07) is 7.69. The van der Waals surface area contributed by atoms with E-state index in [1.165, 1.54) is 23.4 Å². The van der Waals surface area contributed by atoms with Gasteiger partial charge in [-0.25, -0.2) is 4.98 Å². The van der Waals surface area contributed by atoms with Crippen molar-refractivity contribution in [2.24, 2.45) is 0 Å². The topological polar surface area (TPSA) is 49.0 Å². The van der Waals surface area contributed by atoms with E-state index in [1.54, 1.807) is 0 Å². The Bertz CT molecular complexity index is 670. The van der Waals surface area contributed by atoms with Crippen LogP contribution in [-0.2, 0) is 5.75 Å². The minimum absolute atomic E-state index is 0.108. The smallest absolute Gasteiger partial charge is 0.251 e. The molecule has 2 rings (SSSR count). The lowest BCUT2D eigenvalue weighted by Crippen LogP contribution is -2.11. The maximum atomic E-state index is 11.4. The van der Waals surface area contributed by atoms with Crippen molar-refractivity contribution in [3.63, 3.8) is 0 Å². The molecule has 0 amide bonds. The van der Waals surface area contributed by atoms with E-state index >= 15 is 0 Å². The van der Waals surface area contributed by atoms with Crippen molar-refractivity contribution in [3.8, 4) is 0 Å². The molecule has 0 saturated heterocycles. The number of rotatable bonds is 4. The number of benzene rings is 1. The maximum Gasteiger partial charge on any atom is 0.251 e. The number of aromatic nitrogens is 2. The first-order chi connectivity index (χ1) is 9.45. The molecule has 20 heavy (non-hydrogen) atoms. The van der Waals surface area contributed by atoms with Crippen LogP contribution in [0.15, 0.2) is 38.7 Å². The molecule has 106 valence electrons. The monoisotopic (exact) mass is 353 g/mol. The molecule has 6 heteroatoms. The number of thioether (sulfide) groups is 1. The van der Waals surface area contributed by atoms with Crippen LogP contribution in [0.25, 0.3) is 0 Å². The standard InChI is InChI=1S/C14H16BrN3OS/c1-9-6-13(19)17-14(16-9)20-8-10-4-5-11(15)7-12(10)18(2)3/h4-7H,8H2,1-3H3,(H,16,17,19). The van der Waals surface area contributed by atoms with E-state index < -0.39 is 0 Å². The van der Waals surface area contributed by atoms with E-state index in [0.29, 0.717) is 5.16 Å². The maximum absolute atomic E-state index is 11.4. The first kappa shape index (κ1) is 15.1. The van der Waals surface area contributed by atoms with Crippen LogP contribution in [0.5, 0.6) is 0 Å². The zero-order valence-electron chi connectivity index (χ0n) is 11.6. The number of aromatic amines is 1. The number of H-pyrrole nitrogens is 1. The molecule has 1 N–H and O–H groups in total. The predicted octanol–water partition coefficient (Wildman–Crippen LogP) is 3.20. The summed E-state index contributed by atoms with van der Waals surface area (Å²) in [4.78, 5) is 20.6. The van der Waals surface area contributed by atoms with Gasteiger partial charge in [-0.05, 0) is 24.6 Å². The second-order valence-corrected chi connectivity index (χ2v) is 6.53. The Hall–Kier alpha value is -1.27. The number of nitrogens with zero attached hydrogens (tertiary/aromatic N) is 2. The highest BCUT2D eigenvalue weighted by atomic mass is 79.9. The molecule has 0 aliphatic carbocycles. The molecule has 2 aromatic rings. The molecule has 0 bridgehead atoms. The highest BCUT2D eigenvalue weighted by Gasteiger charge is 2.07. The van der Waals surface area contributed by atoms with E-state index in [4.69, 9.17) is 0 Å². The summed E-state index contributed by atoms with van der Waals surface area (Å²) in [6.45, 7) is 1.82. The predicted molar refractivity (Wildman–Crippen MR) is 87.6 cm³/mol. The Labute approximate surface area is 130 Å². The van der Waals surface area contributed by atoms with Gasteiger partial charge in [-0.15, -0.1) is 0 Å². The summed E-state index contributed by atoms with van der Waals surface area (Å²) >= 11 is 5.02. The molecule has 0 spiro atoms. The molecular weight excluding hydrogens is 338 g/mol. The Morgan fingerprint density at radius 1 is 1.35 bits per heavy atom. The zero-order chi connectivity index (χ0) is 14.7. The average molecular weight is 354 g/mol. The highest BCUT2D eigenvalue weighted by Crippen LogP contribution is 2.28. The summed E-state index contributed by atoms with van der Waals surface area (Å²) in [5.41, 5.74) is 2.98. The van der Waals surface area contributed by atoms with Gasteiger partial charge in [0.15, 0.2) is 5.16 Å². The van der Waals surface area contributed by atoms with Crippen LogP contribution in [0.1, 0.15) is 11.3 Å². The van der Waals surface area contributed by atoms with Gasteiger partial charge in [0.1, 0.15) is 0 Å². The van der Waals surface area contributed by atoms with Crippen LogP contribution in [0.2, 0.25) is 0 Å². The van der Waals surface area contributed by atoms with Crippen molar-refractivity contribution >= 4 is 33.4 Å². The summed E-state index contributed by atoms with van der Waals surface area (Å²) in [5.74, 6) is 0.757. The second-order valence-electron chi connectivity index (χ2n) is 4.65. The molecule has 4 nitrogen and oxygen atoms in total. The molecule has 0 aliphatic rings.